The van der Waals surface area contributed by atoms with Crippen LogP contribution in [0.15, 0.2) is 47.4 Å². The molecule has 0 radical (unpaired) electrons. The molecule has 0 aliphatic carbocycles. The van der Waals surface area contributed by atoms with Crippen molar-refractivity contribution in [2.24, 2.45) is 0 Å². The molecule has 3 heterocycles. The number of nitrogens with zero attached hydrogens (tertiary/aromatic N) is 2. The van der Waals surface area contributed by atoms with Crippen molar-refractivity contribution >= 4 is 17.4 Å². The Hall–Kier alpha value is -1.65. The summed E-state index contributed by atoms with van der Waals surface area (Å²) in [6.45, 7) is 4.76. The zero-order chi connectivity index (χ0) is 18.2. The van der Waals surface area contributed by atoms with Crippen molar-refractivity contribution in [3.8, 4) is 5.75 Å². The molecule has 27 heavy (non-hydrogen) atoms. The van der Waals surface area contributed by atoms with Crippen LogP contribution in [0.5, 0.6) is 5.75 Å². The topological polar surface area (TPSA) is 15.7 Å². The predicted octanol–water partition coefficient (Wildman–Crippen LogP) is 4.41. The van der Waals surface area contributed by atoms with Gasteiger partial charge in [0.1, 0.15) is 5.75 Å². The molecule has 142 valence electrons. The first-order valence-electron chi connectivity index (χ1n) is 10.2. The first-order chi connectivity index (χ1) is 13.3. The lowest BCUT2D eigenvalue weighted by atomic mass is 9.89. The molecule has 1 fully saturated rings. The number of fused-ring (bicyclic) bond motifs is 3. The summed E-state index contributed by atoms with van der Waals surface area (Å²) in [4.78, 5) is 6.94. The van der Waals surface area contributed by atoms with Gasteiger partial charge in [0.2, 0.25) is 0 Å². The Balaban J connectivity index is 1.33. The van der Waals surface area contributed by atoms with Crippen molar-refractivity contribution in [1.82, 2.24) is 4.90 Å². The summed E-state index contributed by atoms with van der Waals surface area (Å²) in [5.41, 5.74) is 4.50. The third-order valence-corrected chi connectivity index (χ3v) is 7.60. The molecule has 4 heteroatoms. The SMILES string of the molecule is COc1ccccc1CCN1CC[C@H]2[C@@H](C1)c1cccc3c1N2CCCS3. The number of benzene rings is 2. The summed E-state index contributed by atoms with van der Waals surface area (Å²) in [6, 6.07) is 16.2. The van der Waals surface area contributed by atoms with Gasteiger partial charge >= 0.3 is 0 Å². The number of hydrogen-bond acceptors (Lipinski definition) is 4. The molecule has 3 aliphatic rings. The molecular formula is C23H28N2OS. The Labute approximate surface area is 166 Å². The Kier molecular flexibility index (Phi) is 4.78. The van der Waals surface area contributed by atoms with Crippen molar-refractivity contribution in [3.05, 3.63) is 53.6 Å². The maximum absolute atomic E-state index is 5.53. The fraction of sp³-hybridized carbons (Fsp3) is 0.478. The lowest BCUT2D eigenvalue weighted by molar-refractivity contribution is 0.195. The molecule has 0 N–H and O–H groups in total. The molecule has 3 aliphatic heterocycles. The van der Waals surface area contributed by atoms with Crippen LogP contribution in [0.3, 0.4) is 0 Å². The van der Waals surface area contributed by atoms with Gasteiger partial charge in [-0.25, -0.2) is 0 Å². The molecule has 1 saturated heterocycles. The highest BCUT2D eigenvalue weighted by Gasteiger charge is 2.43. The summed E-state index contributed by atoms with van der Waals surface area (Å²) in [5.74, 6) is 2.95. The molecule has 0 unspecified atom stereocenters. The minimum absolute atomic E-state index is 0.671. The van der Waals surface area contributed by atoms with Crippen molar-refractivity contribution in [3.63, 3.8) is 0 Å². The summed E-state index contributed by atoms with van der Waals surface area (Å²) in [6.07, 6.45) is 3.66. The van der Waals surface area contributed by atoms with Gasteiger partial charge in [0.15, 0.2) is 0 Å². The van der Waals surface area contributed by atoms with E-state index in [2.05, 4.69) is 64.0 Å². The second kappa shape index (κ2) is 7.40. The first-order valence-corrected chi connectivity index (χ1v) is 11.2. The number of likely N-dealkylation sites (tertiary alicyclic amines) is 1. The highest BCUT2D eigenvalue weighted by Crippen LogP contribution is 2.50. The molecule has 2 aromatic carbocycles. The summed E-state index contributed by atoms with van der Waals surface area (Å²) in [5, 5.41) is 0. The normalized spacial score (nSPS) is 24.3. The van der Waals surface area contributed by atoms with Gasteiger partial charge in [-0.2, -0.15) is 0 Å². The Morgan fingerprint density at radius 1 is 1.11 bits per heavy atom. The fourth-order valence-corrected chi connectivity index (χ4v) is 6.24. The van der Waals surface area contributed by atoms with Crippen molar-refractivity contribution in [2.75, 3.05) is 43.9 Å². The van der Waals surface area contributed by atoms with Crippen molar-refractivity contribution in [2.45, 2.75) is 36.1 Å². The minimum Gasteiger partial charge on any atom is -0.496 e. The highest BCUT2D eigenvalue weighted by molar-refractivity contribution is 7.99. The number of para-hydroxylation sites is 2. The van der Waals surface area contributed by atoms with Gasteiger partial charge in [-0.3, -0.25) is 0 Å². The molecule has 5 rings (SSSR count). The molecule has 0 bridgehead atoms. The van der Waals surface area contributed by atoms with Gasteiger partial charge in [0.25, 0.3) is 0 Å². The molecule has 0 saturated carbocycles. The van der Waals surface area contributed by atoms with E-state index in [0.717, 1.165) is 18.7 Å². The Morgan fingerprint density at radius 3 is 2.96 bits per heavy atom. The van der Waals surface area contributed by atoms with Gasteiger partial charge in [0, 0.05) is 43.0 Å². The van der Waals surface area contributed by atoms with Crippen LogP contribution in [0.25, 0.3) is 0 Å². The summed E-state index contributed by atoms with van der Waals surface area (Å²) in [7, 11) is 1.77. The van der Waals surface area contributed by atoms with Crippen LogP contribution in [0, 0.1) is 0 Å². The number of thioether (sulfide) groups is 1. The molecule has 0 aromatic heterocycles. The lowest BCUT2D eigenvalue weighted by Gasteiger charge is -2.39. The maximum Gasteiger partial charge on any atom is 0.122 e. The van der Waals surface area contributed by atoms with Crippen LogP contribution in [0.4, 0.5) is 5.69 Å². The van der Waals surface area contributed by atoms with E-state index in [1.54, 1.807) is 18.4 Å². The van der Waals surface area contributed by atoms with Crippen LogP contribution >= 0.6 is 11.8 Å². The molecule has 0 spiro atoms. The van der Waals surface area contributed by atoms with Crippen LogP contribution < -0.4 is 9.64 Å². The minimum atomic E-state index is 0.671. The number of piperidine rings is 1. The van der Waals surface area contributed by atoms with Gasteiger partial charge in [-0.15, -0.1) is 11.8 Å². The third-order valence-electron chi connectivity index (χ3n) is 6.47. The highest BCUT2D eigenvalue weighted by atomic mass is 32.2. The average Bonchev–Trinajstić information content (AvgIpc) is 2.87. The van der Waals surface area contributed by atoms with E-state index in [1.807, 2.05) is 0 Å². The zero-order valence-electron chi connectivity index (χ0n) is 16.1. The smallest absolute Gasteiger partial charge is 0.122 e. The van der Waals surface area contributed by atoms with E-state index >= 15 is 0 Å². The molecule has 2 aromatic rings. The predicted molar refractivity (Wildman–Crippen MR) is 113 cm³/mol. The number of ether oxygens (including phenoxy) is 1. The van der Waals surface area contributed by atoms with Gasteiger partial charge in [-0.1, -0.05) is 30.3 Å². The van der Waals surface area contributed by atoms with E-state index in [-0.39, 0.29) is 0 Å². The van der Waals surface area contributed by atoms with Crippen molar-refractivity contribution in [1.29, 1.82) is 0 Å². The first kappa shape index (κ1) is 17.4. The second-order valence-corrected chi connectivity index (χ2v) is 9.05. The molecule has 0 amide bonds. The quantitative estimate of drug-likeness (QED) is 0.780. The molecule has 2 atom stereocenters. The summed E-state index contributed by atoms with van der Waals surface area (Å²) >= 11 is 2.06. The van der Waals surface area contributed by atoms with E-state index in [1.165, 1.54) is 48.7 Å². The Bertz CT molecular complexity index is 824. The number of hydrogen-bond donors (Lipinski definition) is 0. The fourth-order valence-electron chi connectivity index (χ4n) is 5.20. The molecule has 3 nitrogen and oxygen atoms in total. The van der Waals surface area contributed by atoms with E-state index in [9.17, 15) is 0 Å². The number of anilines is 1. The number of methoxy groups -OCH3 is 1. The largest absolute Gasteiger partial charge is 0.496 e. The maximum atomic E-state index is 5.53. The van der Waals surface area contributed by atoms with Gasteiger partial charge < -0.3 is 14.5 Å². The van der Waals surface area contributed by atoms with Gasteiger partial charge in [0.05, 0.1) is 12.8 Å². The van der Waals surface area contributed by atoms with E-state index in [4.69, 9.17) is 4.74 Å². The molecular weight excluding hydrogens is 352 g/mol. The van der Waals surface area contributed by atoms with Gasteiger partial charge in [-0.05, 0) is 48.3 Å². The Morgan fingerprint density at radius 2 is 2.04 bits per heavy atom. The standard InChI is InChI=1S/C23H28N2OS/c1-26-21-8-3-2-6-17(21)10-13-24-14-11-20-19(16-24)18-7-4-9-22-23(18)25(20)12-5-15-27-22/h2-4,6-9,19-20H,5,10-16H2,1H3/t19-,20-/m0/s1. The third kappa shape index (κ3) is 3.13. The van der Waals surface area contributed by atoms with Crippen LogP contribution in [0.2, 0.25) is 0 Å². The van der Waals surface area contributed by atoms with E-state index < -0.39 is 0 Å². The second-order valence-electron chi connectivity index (χ2n) is 7.91. The zero-order valence-corrected chi connectivity index (χ0v) is 16.9. The monoisotopic (exact) mass is 380 g/mol. The van der Waals surface area contributed by atoms with Crippen LogP contribution in [0.1, 0.15) is 29.9 Å². The van der Waals surface area contributed by atoms with Crippen LogP contribution in [-0.4, -0.2) is 50.0 Å². The van der Waals surface area contributed by atoms with Crippen LogP contribution in [-0.2, 0) is 6.42 Å². The lowest BCUT2D eigenvalue weighted by Crippen LogP contribution is -2.47. The number of rotatable bonds is 4. The summed E-state index contributed by atoms with van der Waals surface area (Å²) < 4.78 is 5.53. The average molecular weight is 381 g/mol. The van der Waals surface area contributed by atoms with E-state index in [0.29, 0.717) is 12.0 Å². The van der Waals surface area contributed by atoms with Crippen molar-refractivity contribution < 1.29 is 4.74 Å².